The largest absolute Gasteiger partial charge is 0.478 e. The van der Waals surface area contributed by atoms with Crippen molar-refractivity contribution in [3.63, 3.8) is 0 Å². The third-order valence-electron chi connectivity index (χ3n) is 4.00. The van der Waals surface area contributed by atoms with Crippen LogP contribution in [0.1, 0.15) is 25.3 Å². The van der Waals surface area contributed by atoms with E-state index in [-0.39, 0.29) is 0 Å². The normalized spacial score (nSPS) is 19.8. The molecular formula is C16H20N2O2. The molecule has 0 amide bonds. The SMILES string of the molecule is CCN1C(C2CC2)=C(C(=O)O)CN1Cc1ccccc1. The van der Waals surface area contributed by atoms with E-state index in [1.807, 2.05) is 18.2 Å². The van der Waals surface area contributed by atoms with Gasteiger partial charge in [-0.25, -0.2) is 9.80 Å². The number of carboxylic acids is 1. The minimum Gasteiger partial charge on any atom is -0.478 e. The molecule has 0 spiro atoms. The molecule has 106 valence electrons. The molecule has 1 aliphatic heterocycles. The fourth-order valence-corrected chi connectivity index (χ4v) is 2.95. The van der Waals surface area contributed by atoms with E-state index in [0.29, 0.717) is 18.0 Å². The predicted molar refractivity (Wildman–Crippen MR) is 76.6 cm³/mol. The first-order chi connectivity index (χ1) is 9.70. The lowest BCUT2D eigenvalue weighted by Crippen LogP contribution is -2.37. The molecule has 4 heteroatoms. The third-order valence-corrected chi connectivity index (χ3v) is 4.00. The van der Waals surface area contributed by atoms with Crippen molar-refractivity contribution in [1.82, 2.24) is 10.0 Å². The summed E-state index contributed by atoms with van der Waals surface area (Å²) < 4.78 is 0. The van der Waals surface area contributed by atoms with Gasteiger partial charge in [0.2, 0.25) is 0 Å². The predicted octanol–water partition coefficient (Wildman–Crippen LogP) is 2.49. The summed E-state index contributed by atoms with van der Waals surface area (Å²) in [7, 11) is 0. The standard InChI is InChI=1S/C16H20N2O2/c1-2-18-15(13-8-9-13)14(16(19)20)11-17(18)10-12-6-4-3-5-7-12/h3-7,13H,2,8-11H2,1H3,(H,19,20). The molecule has 2 aliphatic rings. The number of carbonyl (C=O) groups is 1. The lowest BCUT2D eigenvalue weighted by molar-refractivity contribution is -0.132. The van der Waals surface area contributed by atoms with E-state index in [1.165, 1.54) is 5.56 Å². The number of rotatable bonds is 5. The fraction of sp³-hybridized carbons (Fsp3) is 0.438. The van der Waals surface area contributed by atoms with Crippen LogP contribution in [0, 0.1) is 5.92 Å². The van der Waals surface area contributed by atoms with E-state index in [9.17, 15) is 9.90 Å². The molecular weight excluding hydrogens is 252 g/mol. The summed E-state index contributed by atoms with van der Waals surface area (Å²) in [6.07, 6.45) is 2.25. The Balaban J connectivity index is 1.83. The van der Waals surface area contributed by atoms with Crippen molar-refractivity contribution in [2.24, 2.45) is 5.92 Å². The molecule has 1 aliphatic carbocycles. The fourth-order valence-electron chi connectivity index (χ4n) is 2.95. The minimum atomic E-state index is -0.763. The lowest BCUT2D eigenvalue weighted by Gasteiger charge is -2.31. The zero-order valence-corrected chi connectivity index (χ0v) is 11.7. The van der Waals surface area contributed by atoms with Crippen molar-refractivity contribution in [3.8, 4) is 0 Å². The van der Waals surface area contributed by atoms with Crippen molar-refractivity contribution in [3.05, 3.63) is 47.2 Å². The Morgan fingerprint density at radius 1 is 1.30 bits per heavy atom. The first-order valence-corrected chi connectivity index (χ1v) is 7.23. The van der Waals surface area contributed by atoms with Gasteiger partial charge in [0.15, 0.2) is 0 Å². The van der Waals surface area contributed by atoms with E-state index in [2.05, 4.69) is 29.1 Å². The van der Waals surface area contributed by atoms with Gasteiger partial charge in [-0.2, -0.15) is 0 Å². The maximum Gasteiger partial charge on any atom is 0.334 e. The third kappa shape index (κ3) is 2.43. The topological polar surface area (TPSA) is 43.8 Å². The van der Waals surface area contributed by atoms with Gasteiger partial charge >= 0.3 is 5.97 Å². The van der Waals surface area contributed by atoms with Crippen LogP contribution < -0.4 is 0 Å². The molecule has 0 unspecified atom stereocenters. The van der Waals surface area contributed by atoms with Crippen LogP contribution in [0.15, 0.2) is 41.6 Å². The Bertz CT molecular complexity index is 535. The summed E-state index contributed by atoms with van der Waals surface area (Å²) in [4.78, 5) is 11.5. The van der Waals surface area contributed by atoms with Gasteiger partial charge < -0.3 is 10.1 Å². The number of nitrogens with zero attached hydrogens (tertiary/aromatic N) is 2. The van der Waals surface area contributed by atoms with Crippen LogP contribution in [0.2, 0.25) is 0 Å². The van der Waals surface area contributed by atoms with Gasteiger partial charge in [-0.15, -0.1) is 0 Å². The van der Waals surface area contributed by atoms with E-state index < -0.39 is 5.97 Å². The van der Waals surface area contributed by atoms with Crippen molar-refractivity contribution in [1.29, 1.82) is 0 Å². The zero-order chi connectivity index (χ0) is 14.1. The molecule has 1 fully saturated rings. The summed E-state index contributed by atoms with van der Waals surface area (Å²) in [6.45, 7) is 4.20. The van der Waals surface area contributed by atoms with E-state index in [0.717, 1.165) is 31.6 Å². The van der Waals surface area contributed by atoms with Crippen LogP contribution in [0.3, 0.4) is 0 Å². The Kier molecular flexibility index (Phi) is 3.49. The number of aliphatic carboxylic acids is 1. The van der Waals surface area contributed by atoms with E-state index >= 15 is 0 Å². The number of hydrazine groups is 1. The molecule has 0 atom stereocenters. The van der Waals surface area contributed by atoms with Crippen LogP contribution in [-0.2, 0) is 11.3 Å². The monoisotopic (exact) mass is 272 g/mol. The molecule has 1 N–H and O–H groups in total. The highest BCUT2D eigenvalue weighted by Gasteiger charge is 2.40. The van der Waals surface area contributed by atoms with Crippen molar-refractivity contribution >= 4 is 5.97 Å². The molecule has 0 saturated heterocycles. The highest BCUT2D eigenvalue weighted by molar-refractivity contribution is 5.88. The average Bonchev–Trinajstić information content (AvgIpc) is 3.22. The Morgan fingerprint density at radius 2 is 2.00 bits per heavy atom. The molecule has 1 aromatic carbocycles. The van der Waals surface area contributed by atoms with Crippen molar-refractivity contribution in [2.75, 3.05) is 13.1 Å². The maximum atomic E-state index is 11.5. The number of hydrogen-bond acceptors (Lipinski definition) is 3. The summed E-state index contributed by atoms with van der Waals surface area (Å²) in [5.41, 5.74) is 2.86. The minimum absolute atomic E-state index is 0.460. The molecule has 0 aromatic heterocycles. The molecule has 20 heavy (non-hydrogen) atoms. The van der Waals surface area contributed by atoms with Crippen LogP contribution in [-0.4, -0.2) is 34.2 Å². The average molecular weight is 272 g/mol. The second kappa shape index (κ2) is 5.29. The molecule has 0 bridgehead atoms. The van der Waals surface area contributed by atoms with Crippen LogP contribution in [0.4, 0.5) is 0 Å². The van der Waals surface area contributed by atoms with Gasteiger partial charge in [-0.1, -0.05) is 30.3 Å². The summed E-state index contributed by atoms with van der Waals surface area (Å²) in [6, 6.07) is 10.2. The zero-order valence-electron chi connectivity index (χ0n) is 11.7. The van der Waals surface area contributed by atoms with Gasteiger partial charge in [0.05, 0.1) is 12.1 Å². The second-order valence-electron chi connectivity index (χ2n) is 5.47. The molecule has 1 saturated carbocycles. The number of hydrogen-bond donors (Lipinski definition) is 1. The molecule has 0 radical (unpaired) electrons. The quantitative estimate of drug-likeness (QED) is 0.894. The van der Waals surface area contributed by atoms with Crippen molar-refractivity contribution < 1.29 is 9.90 Å². The van der Waals surface area contributed by atoms with Gasteiger partial charge in [0.1, 0.15) is 0 Å². The van der Waals surface area contributed by atoms with E-state index in [1.54, 1.807) is 0 Å². The number of benzene rings is 1. The molecule has 1 aromatic rings. The Labute approximate surface area is 119 Å². The molecule has 4 nitrogen and oxygen atoms in total. The molecule has 3 rings (SSSR count). The van der Waals surface area contributed by atoms with Gasteiger partial charge in [0.25, 0.3) is 0 Å². The Hall–Kier alpha value is -1.81. The van der Waals surface area contributed by atoms with E-state index in [4.69, 9.17) is 0 Å². The summed E-state index contributed by atoms with van der Waals surface area (Å²) in [5, 5.41) is 13.8. The maximum absolute atomic E-state index is 11.5. The Morgan fingerprint density at radius 3 is 2.55 bits per heavy atom. The highest BCUT2D eigenvalue weighted by Crippen LogP contribution is 2.43. The second-order valence-corrected chi connectivity index (χ2v) is 5.47. The highest BCUT2D eigenvalue weighted by atomic mass is 16.4. The summed E-state index contributed by atoms with van der Waals surface area (Å²) in [5.74, 6) is -0.303. The summed E-state index contributed by atoms with van der Waals surface area (Å²) >= 11 is 0. The lowest BCUT2D eigenvalue weighted by atomic mass is 10.1. The first-order valence-electron chi connectivity index (χ1n) is 7.23. The van der Waals surface area contributed by atoms with Gasteiger partial charge in [0, 0.05) is 24.7 Å². The first kappa shape index (κ1) is 13.2. The van der Waals surface area contributed by atoms with Crippen LogP contribution in [0.25, 0.3) is 0 Å². The van der Waals surface area contributed by atoms with Gasteiger partial charge in [-0.05, 0) is 25.3 Å². The molecule has 1 heterocycles. The number of allylic oxidation sites excluding steroid dienone is 1. The van der Waals surface area contributed by atoms with Crippen molar-refractivity contribution in [2.45, 2.75) is 26.3 Å². The number of carboxylic acid groups (broad SMARTS) is 1. The van der Waals surface area contributed by atoms with Crippen LogP contribution in [0.5, 0.6) is 0 Å². The van der Waals surface area contributed by atoms with Gasteiger partial charge in [-0.3, -0.25) is 0 Å². The van der Waals surface area contributed by atoms with Crippen LogP contribution >= 0.6 is 0 Å². The smallest absolute Gasteiger partial charge is 0.334 e.